The first-order chi connectivity index (χ1) is 17.2. The normalized spacial score (nSPS) is 28.9. The van der Waals surface area contributed by atoms with Crippen LogP contribution in [0.1, 0.15) is 31.1 Å². The molecule has 3 aromatic heterocycles. The molecule has 3 N–H and O–H groups in total. The van der Waals surface area contributed by atoms with Gasteiger partial charge in [0.05, 0.1) is 18.5 Å². The fraction of sp³-hybridized carbons (Fsp3) is 0.524. The summed E-state index contributed by atoms with van der Waals surface area (Å²) in [4.78, 5) is 20.3. The van der Waals surface area contributed by atoms with Crippen LogP contribution in [-0.4, -0.2) is 67.9 Å². The number of anilines is 2. The quantitative estimate of drug-likeness (QED) is 0.413. The molecule has 2 bridgehead atoms. The van der Waals surface area contributed by atoms with E-state index in [1.807, 2.05) is 0 Å². The monoisotopic (exact) mass is 511 g/mol. The number of amides is 1. The number of ether oxygens (including phenoxy) is 3. The fourth-order valence-electron chi connectivity index (χ4n) is 4.83. The van der Waals surface area contributed by atoms with Crippen molar-refractivity contribution in [3.05, 3.63) is 30.2 Å². The van der Waals surface area contributed by atoms with Gasteiger partial charge < -0.3 is 24.8 Å². The molecule has 7 rings (SSSR count). The van der Waals surface area contributed by atoms with E-state index in [0.717, 1.165) is 19.3 Å². The summed E-state index contributed by atoms with van der Waals surface area (Å²) in [6.07, 6.45) is -3.35. The molecule has 4 heterocycles. The Hall–Kier alpha value is -3.62. The van der Waals surface area contributed by atoms with Gasteiger partial charge >= 0.3 is 12.3 Å². The van der Waals surface area contributed by atoms with Gasteiger partial charge in [-0.05, 0) is 31.2 Å². The third-order valence-electron chi connectivity index (χ3n) is 6.64. The summed E-state index contributed by atoms with van der Waals surface area (Å²) < 4.78 is 69.2. The molecule has 11 nitrogen and oxygen atoms in total. The molecule has 0 unspecified atom stereocenters. The summed E-state index contributed by atoms with van der Waals surface area (Å²) in [5.41, 5.74) is 0.428. The number of aromatic nitrogens is 5. The van der Waals surface area contributed by atoms with Gasteiger partial charge in [-0.3, -0.25) is 9.50 Å². The van der Waals surface area contributed by atoms with Gasteiger partial charge in [-0.25, -0.2) is 14.2 Å². The second-order valence-electron chi connectivity index (χ2n) is 9.34. The van der Waals surface area contributed by atoms with Crippen LogP contribution in [0.4, 0.5) is 34.1 Å². The Balaban J connectivity index is 1.09. The van der Waals surface area contributed by atoms with E-state index in [2.05, 4.69) is 35.5 Å². The van der Waals surface area contributed by atoms with E-state index in [1.165, 1.54) is 28.9 Å². The Bertz CT molecular complexity index is 1280. The first-order valence-corrected chi connectivity index (χ1v) is 11.3. The van der Waals surface area contributed by atoms with Crippen LogP contribution in [0.25, 0.3) is 5.65 Å². The molecule has 3 aliphatic carbocycles. The van der Waals surface area contributed by atoms with Gasteiger partial charge in [0.1, 0.15) is 11.8 Å². The highest BCUT2D eigenvalue weighted by Crippen LogP contribution is 2.57. The summed E-state index contributed by atoms with van der Waals surface area (Å²) in [5.74, 6) is 0.894. The van der Waals surface area contributed by atoms with Crippen molar-refractivity contribution in [2.75, 3.05) is 18.5 Å². The lowest BCUT2D eigenvalue weighted by Gasteiger charge is -2.61. The van der Waals surface area contributed by atoms with Crippen molar-refractivity contribution < 1.29 is 36.6 Å². The third-order valence-corrected chi connectivity index (χ3v) is 6.64. The highest BCUT2D eigenvalue weighted by molar-refractivity contribution is 5.69. The number of imidazole rings is 1. The molecule has 0 radical (unpaired) electrons. The predicted octanol–water partition coefficient (Wildman–Crippen LogP) is 3.19. The average Bonchev–Trinajstić information content (AvgIpc) is 3.48. The number of nitrogens with zero attached hydrogens (tertiary/aromatic N) is 4. The van der Waals surface area contributed by atoms with E-state index in [4.69, 9.17) is 9.47 Å². The topological polar surface area (TPSA) is 128 Å². The van der Waals surface area contributed by atoms with E-state index < -0.39 is 37.3 Å². The number of carbonyl (C=O) groups excluding carboxylic acids is 1. The molecule has 192 valence electrons. The zero-order valence-electron chi connectivity index (χ0n) is 18.6. The summed E-state index contributed by atoms with van der Waals surface area (Å²) >= 11 is 0. The van der Waals surface area contributed by atoms with Gasteiger partial charge in [-0.2, -0.15) is 23.3 Å². The molecule has 15 heteroatoms. The first kappa shape index (κ1) is 22.8. The highest BCUT2D eigenvalue weighted by Gasteiger charge is 2.58. The molecule has 4 fully saturated rings. The number of fused-ring (bicyclic) bond motifs is 1. The van der Waals surface area contributed by atoms with Gasteiger partial charge in [0.2, 0.25) is 11.8 Å². The van der Waals surface area contributed by atoms with Crippen LogP contribution in [0.15, 0.2) is 24.5 Å². The van der Waals surface area contributed by atoms with Crippen LogP contribution in [0, 0.1) is 5.92 Å². The van der Waals surface area contributed by atoms with Crippen LogP contribution in [0.2, 0.25) is 0 Å². The summed E-state index contributed by atoms with van der Waals surface area (Å²) in [7, 11) is 0. The average molecular weight is 511 g/mol. The van der Waals surface area contributed by atoms with E-state index in [1.54, 1.807) is 0 Å². The van der Waals surface area contributed by atoms with E-state index in [-0.39, 0.29) is 29.8 Å². The van der Waals surface area contributed by atoms with Crippen LogP contribution >= 0.6 is 0 Å². The van der Waals surface area contributed by atoms with Crippen LogP contribution in [0.3, 0.4) is 0 Å². The Morgan fingerprint density at radius 1 is 1.33 bits per heavy atom. The number of H-pyrrole nitrogens is 1. The minimum absolute atomic E-state index is 0.104. The number of carbonyl (C=O) groups is 1. The molecule has 0 aromatic carbocycles. The van der Waals surface area contributed by atoms with Gasteiger partial charge in [0.25, 0.3) is 0 Å². The van der Waals surface area contributed by atoms with Crippen molar-refractivity contribution in [3.8, 4) is 5.88 Å². The molecule has 3 aromatic rings. The molecule has 1 aliphatic heterocycles. The van der Waals surface area contributed by atoms with Crippen molar-refractivity contribution in [2.24, 2.45) is 5.92 Å². The van der Waals surface area contributed by atoms with Gasteiger partial charge in [-0.1, -0.05) is 0 Å². The van der Waals surface area contributed by atoms with Crippen molar-refractivity contribution in [1.82, 2.24) is 29.9 Å². The van der Waals surface area contributed by atoms with Crippen molar-refractivity contribution >= 4 is 23.5 Å². The zero-order chi connectivity index (χ0) is 25.1. The second kappa shape index (κ2) is 8.21. The minimum Gasteiger partial charge on any atom is -0.467 e. The first-order valence-electron chi connectivity index (χ1n) is 11.3. The SMILES string of the molecule is O=C(NC12CC(C1)C2)O[C@H]1CO[C@@H](c2cc(Nc3nccc4nc(OCC(F)(F)F)cn34)n[nH]2)[C@@H]1F. The van der Waals surface area contributed by atoms with Crippen molar-refractivity contribution in [2.45, 2.75) is 49.4 Å². The summed E-state index contributed by atoms with van der Waals surface area (Å²) in [5, 5.41) is 12.5. The lowest BCUT2D eigenvalue weighted by atomic mass is 9.50. The number of alkyl halides is 4. The summed E-state index contributed by atoms with van der Waals surface area (Å²) in [6, 6.07) is 2.99. The van der Waals surface area contributed by atoms with Crippen molar-refractivity contribution in [1.29, 1.82) is 0 Å². The Morgan fingerprint density at radius 2 is 2.14 bits per heavy atom. The Kier molecular flexibility index (Phi) is 5.21. The lowest BCUT2D eigenvalue weighted by molar-refractivity contribution is -0.154. The largest absolute Gasteiger partial charge is 0.467 e. The zero-order valence-corrected chi connectivity index (χ0v) is 18.6. The fourth-order valence-corrected chi connectivity index (χ4v) is 4.83. The van der Waals surface area contributed by atoms with Crippen molar-refractivity contribution in [3.63, 3.8) is 0 Å². The summed E-state index contributed by atoms with van der Waals surface area (Å²) in [6.45, 7) is -1.58. The number of hydrogen-bond donors (Lipinski definition) is 3. The van der Waals surface area contributed by atoms with Crippen LogP contribution in [0.5, 0.6) is 5.88 Å². The minimum atomic E-state index is -4.50. The molecule has 3 saturated carbocycles. The third kappa shape index (κ3) is 4.27. The molecule has 3 atom stereocenters. The standard InChI is InChI=1S/C21H21F4N7O4/c22-16-12(36-19(33)29-20-4-10(5-20)6-20)8-34-17(16)11-3-13(31-30-11)27-18-26-2-1-14-28-15(7-32(14)18)35-9-21(23,24)25/h1-3,7,10,12,16-17H,4-6,8-9H2,(H,29,33)(H2,26,27,30,31)/t10?,12-,16+,17-,20?/m0/s1. The molecule has 36 heavy (non-hydrogen) atoms. The van der Waals surface area contributed by atoms with E-state index >= 15 is 4.39 Å². The number of nitrogens with one attached hydrogen (secondary N) is 3. The maximum absolute atomic E-state index is 15.0. The number of halogens is 4. The van der Waals surface area contributed by atoms with Gasteiger partial charge in [0, 0.05) is 17.8 Å². The maximum atomic E-state index is 15.0. The Labute approximate surface area is 200 Å². The molecule has 1 amide bonds. The molecular formula is C21H21F4N7O4. The number of aromatic amines is 1. The second-order valence-corrected chi connectivity index (χ2v) is 9.34. The lowest BCUT2D eigenvalue weighted by Crippen LogP contribution is -2.68. The number of rotatable bonds is 7. The molecule has 1 saturated heterocycles. The van der Waals surface area contributed by atoms with E-state index in [9.17, 15) is 18.0 Å². The van der Waals surface area contributed by atoms with Gasteiger partial charge in [0.15, 0.2) is 24.7 Å². The number of alkyl carbamates (subject to hydrolysis) is 1. The highest BCUT2D eigenvalue weighted by atomic mass is 19.4. The molecule has 0 spiro atoms. The predicted molar refractivity (Wildman–Crippen MR) is 113 cm³/mol. The van der Waals surface area contributed by atoms with Crippen LogP contribution < -0.4 is 15.4 Å². The van der Waals surface area contributed by atoms with Crippen LogP contribution in [-0.2, 0) is 9.47 Å². The maximum Gasteiger partial charge on any atom is 0.422 e. The number of hydrogen-bond acceptors (Lipinski definition) is 8. The Morgan fingerprint density at radius 3 is 2.86 bits per heavy atom. The van der Waals surface area contributed by atoms with Gasteiger partial charge in [-0.15, -0.1) is 0 Å². The smallest absolute Gasteiger partial charge is 0.422 e. The van der Waals surface area contributed by atoms with E-state index in [0.29, 0.717) is 17.3 Å². The molecule has 4 aliphatic rings. The molecular weight excluding hydrogens is 490 g/mol.